The second-order valence-electron chi connectivity index (χ2n) is 8.80. The summed E-state index contributed by atoms with van der Waals surface area (Å²) in [5.41, 5.74) is 8.19. The molecule has 0 amide bonds. The second kappa shape index (κ2) is 8.93. The van der Waals surface area contributed by atoms with Crippen LogP contribution in [0, 0.1) is 11.8 Å². The Kier molecular flexibility index (Phi) is 5.71. The lowest BCUT2D eigenvalue weighted by Crippen LogP contribution is -2.01. The van der Waals surface area contributed by atoms with Gasteiger partial charge in [0.2, 0.25) is 0 Å². The monoisotopic (exact) mass is 407 g/mol. The summed E-state index contributed by atoms with van der Waals surface area (Å²) >= 11 is 0. The van der Waals surface area contributed by atoms with Gasteiger partial charge in [-0.3, -0.25) is 0 Å². The first kappa shape index (κ1) is 19.8. The summed E-state index contributed by atoms with van der Waals surface area (Å²) < 4.78 is 5.41. The van der Waals surface area contributed by atoms with Crippen LogP contribution in [-0.2, 0) is 6.42 Å². The maximum Gasteiger partial charge on any atom is 0.181 e. The SMILES string of the molecule is CCCC1C=CC(C2=CC=C3CC(C=CC=C3Cc3ccc(-c4cnco4)cc3)C2)=C1. The third-order valence-corrected chi connectivity index (χ3v) is 6.52. The molecule has 2 aromatic rings. The molecule has 0 radical (unpaired) electrons. The minimum Gasteiger partial charge on any atom is -0.444 e. The highest BCUT2D eigenvalue weighted by Gasteiger charge is 2.21. The van der Waals surface area contributed by atoms with Crippen LogP contribution in [0.1, 0.15) is 38.2 Å². The van der Waals surface area contributed by atoms with Crippen molar-refractivity contribution < 1.29 is 4.42 Å². The van der Waals surface area contributed by atoms with Crippen molar-refractivity contribution in [2.45, 2.75) is 39.0 Å². The second-order valence-corrected chi connectivity index (χ2v) is 8.80. The van der Waals surface area contributed by atoms with Gasteiger partial charge in [-0.15, -0.1) is 0 Å². The quantitative estimate of drug-likeness (QED) is 0.494. The van der Waals surface area contributed by atoms with E-state index in [2.05, 4.69) is 84.8 Å². The molecule has 2 heteroatoms. The van der Waals surface area contributed by atoms with Gasteiger partial charge in [0.25, 0.3) is 0 Å². The lowest BCUT2D eigenvalue weighted by Gasteiger charge is -2.15. The van der Waals surface area contributed by atoms with Gasteiger partial charge in [0.1, 0.15) is 0 Å². The van der Waals surface area contributed by atoms with E-state index in [0.29, 0.717) is 11.8 Å². The molecule has 2 nitrogen and oxygen atoms in total. The summed E-state index contributed by atoms with van der Waals surface area (Å²) in [5, 5.41) is 0. The van der Waals surface area contributed by atoms with E-state index in [-0.39, 0.29) is 0 Å². The van der Waals surface area contributed by atoms with Gasteiger partial charge >= 0.3 is 0 Å². The van der Waals surface area contributed by atoms with Gasteiger partial charge in [0, 0.05) is 5.56 Å². The standard InChI is InChI=1S/C29H29NO/c1-2-4-21-9-12-26(15-21)28-14-13-27-17-23(18-28)5-3-6-25(27)16-22-7-10-24(11-8-22)29-19-30-20-31-29/h3,5-15,19-21,23H,2,4,16-18H2,1H3. The highest BCUT2D eigenvalue weighted by atomic mass is 16.3. The van der Waals surface area contributed by atoms with Gasteiger partial charge in [-0.25, -0.2) is 4.98 Å². The Morgan fingerprint density at radius 2 is 1.84 bits per heavy atom. The molecule has 5 rings (SSSR count). The van der Waals surface area contributed by atoms with Crippen molar-refractivity contribution in [2.24, 2.45) is 11.8 Å². The lowest BCUT2D eigenvalue weighted by atomic mass is 9.90. The number of rotatable bonds is 6. The molecule has 31 heavy (non-hydrogen) atoms. The summed E-state index contributed by atoms with van der Waals surface area (Å²) in [7, 11) is 0. The van der Waals surface area contributed by atoms with E-state index < -0.39 is 0 Å². The molecule has 0 N–H and O–H groups in total. The first-order valence-electron chi connectivity index (χ1n) is 11.4. The number of nitrogens with zero attached hydrogens (tertiary/aromatic N) is 1. The highest BCUT2D eigenvalue weighted by molar-refractivity contribution is 5.57. The van der Waals surface area contributed by atoms with Crippen molar-refractivity contribution in [3.63, 3.8) is 0 Å². The number of aromatic nitrogens is 1. The third kappa shape index (κ3) is 4.49. The Hall–Kier alpha value is -3.13. The predicted octanol–water partition coefficient (Wildman–Crippen LogP) is 7.56. The first-order valence-corrected chi connectivity index (χ1v) is 11.4. The average Bonchev–Trinajstić information content (AvgIpc) is 3.40. The molecular formula is C29H29NO. The fourth-order valence-electron chi connectivity index (χ4n) is 4.83. The van der Waals surface area contributed by atoms with Crippen LogP contribution in [0.3, 0.4) is 0 Å². The number of fused-ring (bicyclic) bond motifs is 2. The Bertz CT molecular complexity index is 1100. The topological polar surface area (TPSA) is 26.0 Å². The van der Waals surface area contributed by atoms with Crippen LogP contribution in [-0.4, -0.2) is 4.98 Å². The molecule has 2 bridgehead atoms. The Morgan fingerprint density at radius 3 is 2.65 bits per heavy atom. The van der Waals surface area contributed by atoms with Crippen LogP contribution in [0.4, 0.5) is 0 Å². The van der Waals surface area contributed by atoms with Crippen LogP contribution in [0.15, 0.2) is 112 Å². The van der Waals surface area contributed by atoms with Gasteiger partial charge in [0.05, 0.1) is 6.20 Å². The van der Waals surface area contributed by atoms with Gasteiger partial charge in [0.15, 0.2) is 12.2 Å². The smallest absolute Gasteiger partial charge is 0.181 e. The molecule has 0 saturated carbocycles. The highest BCUT2D eigenvalue weighted by Crippen LogP contribution is 2.37. The van der Waals surface area contributed by atoms with Crippen LogP contribution >= 0.6 is 0 Å². The average molecular weight is 408 g/mol. The van der Waals surface area contributed by atoms with Gasteiger partial charge in [-0.05, 0) is 65.4 Å². The van der Waals surface area contributed by atoms with Crippen molar-refractivity contribution in [1.82, 2.24) is 4.98 Å². The van der Waals surface area contributed by atoms with Gasteiger partial charge in [-0.1, -0.05) is 86.2 Å². The lowest BCUT2D eigenvalue weighted by molar-refractivity contribution is 0.572. The summed E-state index contributed by atoms with van der Waals surface area (Å²) in [6, 6.07) is 8.64. The minimum atomic E-state index is 0.571. The maximum atomic E-state index is 5.41. The predicted molar refractivity (Wildman–Crippen MR) is 127 cm³/mol. The van der Waals surface area contributed by atoms with E-state index in [1.54, 1.807) is 6.20 Å². The van der Waals surface area contributed by atoms with E-state index in [0.717, 1.165) is 30.6 Å². The molecular weight excluding hydrogens is 378 g/mol. The molecule has 1 aromatic heterocycles. The normalized spacial score (nSPS) is 22.4. The Labute approximate surface area is 185 Å². The number of hydrogen-bond donors (Lipinski definition) is 0. The van der Waals surface area contributed by atoms with Crippen molar-refractivity contribution in [1.29, 1.82) is 0 Å². The van der Waals surface area contributed by atoms with Crippen LogP contribution in [0.2, 0.25) is 0 Å². The summed E-state index contributed by atoms with van der Waals surface area (Å²) in [6.45, 7) is 2.27. The van der Waals surface area contributed by atoms with Crippen molar-refractivity contribution >= 4 is 0 Å². The molecule has 0 aliphatic heterocycles. The molecule has 1 heterocycles. The molecule has 1 aromatic carbocycles. The zero-order valence-electron chi connectivity index (χ0n) is 18.1. The molecule has 2 atom stereocenters. The molecule has 0 spiro atoms. The largest absolute Gasteiger partial charge is 0.444 e. The van der Waals surface area contributed by atoms with E-state index in [4.69, 9.17) is 4.42 Å². The first-order chi connectivity index (χ1) is 15.3. The molecule has 3 aliphatic carbocycles. The zero-order valence-corrected chi connectivity index (χ0v) is 18.1. The summed E-state index contributed by atoms with van der Waals surface area (Å²) in [4.78, 5) is 4.01. The van der Waals surface area contributed by atoms with Crippen LogP contribution in [0.5, 0.6) is 0 Å². The van der Waals surface area contributed by atoms with Gasteiger partial charge in [-0.2, -0.15) is 0 Å². The number of benzene rings is 1. The fraction of sp³-hybridized carbons (Fsp3) is 0.276. The minimum absolute atomic E-state index is 0.571. The van der Waals surface area contributed by atoms with Crippen LogP contribution < -0.4 is 0 Å². The van der Waals surface area contributed by atoms with E-state index in [1.807, 2.05) is 0 Å². The molecule has 0 saturated heterocycles. The van der Waals surface area contributed by atoms with E-state index in [9.17, 15) is 0 Å². The molecule has 2 unspecified atom stereocenters. The molecule has 156 valence electrons. The number of oxazole rings is 1. The summed E-state index contributed by atoms with van der Waals surface area (Å²) in [6.07, 6.45) is 27.8. The third-order valence-electron chi connectivity index (χ3n) is 6.52. The van der Waals surface area contributed by atoms with Crippen molar-refractivity contribution in [2.75, 3.05) is 0 Å². The van der Waals surface area contributed by atoms with Crippen molar-refractivity contribution in [3.05, 3.63) is 113 Å². The molecule has 3 aliphatic rings. The van der Waals surface area contributed by atoms with Gasteiger partial charge < -0.3 is 4.42 Å². The Morgan fingerprint density at radius 1 is 1.00 bits per heavy atom. The molecule has 0 fully saturated rings. The van der Waals surface area contributed by atoms with E-state index in [1.165, 1.54) is 47.1 Å². The zero-order chi connectivity index (χ0) is 21.0. The number of allylic oxidation sites excluding steroid dienone is 12. The maximum absolute atomic E-state index is 5.41. The fourth-order valence-corrected chi connectivity index (χ4v) is 4.83. The van der Waals surface area contributed by atoms with Crippen LogP contribution in [0.25, 0.3) is 11.3 Å². The summed E-state index contributed by atoms with van der Waals surface area (Å²) in [5.74, 6) is 2.00. The Balaban J connectivity index is 1.35. The van der Waals surface area contributed by atoms with Crippen molar-refractivity contribution in [3.8, 4) is 11.3 Å². The van der Waals surface area contributed by atoms with E-state index >= 15 is 0 Å². The number of hydrogen-bond acceptors (Lipinski definition) is 2.